The maximum Gasteiger partial charge on any atom is 0.225 e. The molecule has 2 aromatic carbocycles. The first-order valence-corrected chi connectivity index (χ1v) is 9.71. The number of hydrogen-bond acceptors (Lipinski definition) is 7. The monoisotopic (exact) mass is 428 g/mol. The van der Waals surface area contributed by atoms with Crippen molar-refractivity contribution >= 4 is 5.57 Å². The second kappa shape index (κ2) is 10.1. The van der Waals surface area contributed by atoms with Crippen LogP contribution in [0, 0.1) is 5.92 Å². The predicted molar refractivity (Wildman–Crippen MR) is 117 cm³/mol. The second-order valence-corrected chi connectivity index (χ2v) is 6.79. The molecule has 166 valence electrons. The van der Waals surface area contributed by atoms with Crippen molar-refractivity contribution in [2.24, 2.45) is 5.92 Å². The summed E-state index contributed by atoms with van der Waals surface area (Å²) in [5, 5.41) is 0. The van der Waals surface area contributed by atoms with E-state index < -0.39 is 6.29 Å². The quantitative estimate of drug-likeness (QED) is 0.608. The highest BCUT2D eigenvalue weighted by atomic mass is 16.7. The number of rotatable bonds is 8. The Morgan fingerprint density at radius 3 is 2.06 bits per heavy atom. The summed E-state index contributed by atoms with van der Waals surface area (Å²) in [5.41, 5.74) is 2.52. The summed E-state index contributed by atoms with van der Waals surface area (Å²) >= 11 is 0. The molecule has 31 heavy (non-hydrogen) atoms. The van der Waals surface area contributed by atoms with Crippen LogP contribution in [0.1, 0.15) is 17.4 Å². The second-order valence-electron chi connectivity index (χ2n) is 6.79. The van der Waals surface area contributed by atoms with Crippen molar-refractivity contribution in [1.82, 2.24) is 0 Å². The Balaban J connectivity index is 1.79. The lowest BCUT2D eigenvalue weighted by molar-refractivity contribution is -0.106. The maximum atomic E-state index is 6.05. The van der Waals surface area contributed by atoms with E-state index in [0.29, 0.717) is 35.4 Å². The van der Waals surface area contributed by atoms with Gasteiger partial charge in [-0.2, -0.15) is 0 Å². The van der Waals surface area contributed by atoms with Crippen LogP contribution in [0.25, 0.3) is 5.57 Å². The van der Waals surface area contributed by atoms with Gasteiger partial charge in [0.15, 0.2) is 23.0 Å². The molecule has 0 saturated carbocycles. The maximum absolute atomic E-state index is 6.05. The number of benzene rings is 2. The first-order valence-electron chi connectivity index (χ1n) is 9.71. The van der Waals surface area contributed by atoms with Gasteiger partial charge in [-0.25, -0.2) is 0 Å². The highest BCUT2D eigenvalue weighted by Gasteiger charge is 2.23. The van der Waals surface area contributed by atoms with Crippen LogP contribution in [0.4, 0.5) is 0 Å². The van der Waals surface area contributed by atoms with Crippen molar-refractivity contribution in [2.75, 3.05) is 42.2 Å². The molecule has 2 atom stereocenters. The summed E-state index contributed by atoms with van der Waals surface area (Å²) < 4.78 is 38.8. The highest BCUT2D eigenvalue weighted by Crippen LogP contribution is 2.41. The average Bonchev–Trinajstić information content (AvgIpc) is 3.08. The van der Waals surface area contributed by atoms with Crippen LogP contribution in [0.2, 0.25) is 0 Å². The summed E-state index contributed by atoms with van der Waals surface area (Å²) in [6.07, 6.45) is 2.99. The Hall–Kier alpha value is -3.32. The topological polar surface area (TPSA) is 64.6 Å². The summed E-state index contributed by atoms with van der Waals surface area (Å²) in [6, 6.07) is 9.28. The summed E-state index contributed by atoms with van der Waals surface area (Å²) in [6.45, 7) is 4.65. The van der Waals surface area contributed by atoms with Gasteiger partial charge in [0, 0.05) is 11.5 Å². The number of methoxy groups -OCH3 is 5. The zero-order valence-corrected chi connectivity index (χ0v) is 18.5. The largest absolute Gasteiger partial charge is 0.493 e. The van der Waals surface area contributed by atoms with Crippen molar-refractivity contribution in [1.29, 1.82) is 0 Å². The summed E-state index contributed by atoms with van der Waals surface area (Å²) in [4.78, 5) is 0. The molecular formula is C24H28O7. The van der Waals surface area contributed by atoms with Gasteiger partial charge >= 0.3 is 0 Å². The zero-order valence-electron chi connectivity index (χ0n) is 18.5. The lowest BCUT2D eigenvalue weighted by atomic mass is 9.94. The molecule has 0 aliphatic carbocycles. The van der Waals surface area contributed by atoms with Crippen LogP contribution in [-0.2, 0) is 9.47 Å². The minimum absolute atomic E-state index is 0.104. The van der Waals surface area contributed by atoms with Crippen molar-refractivity contribution in [3.05, 3.63) is 60.4 Å². The van der Waals surface area contributed by atoms with Gasteiger partial charge in [-0.3, -0.25) is 0 Å². The molecule has 2 aromatic rings. The van der Waals surface area contributed by atoms with Gasteiger partial charge in [-0.15, -0.1) is 0 Å². The standard InChI is InChI=1S/C24H28O7/c1-15(18-12-21(27-4)23(29-6)22(13-18)28-5)17-9-10-30-24(31-14-17)16-7-8-19(25-2)20(11-16)26-3/h7-13,17,24H,1,14H2,2-6H3/t17-,24-/m1/s1. The fraction of sp³-hybridized carbons (Fsp3) is 0.333. The van der Waals surface area contributed by atoms with E-state index in [2.05, 4.69) is 6.58 Å². The van der Waals surface area contributed by atoms with E-state index in [0.717, 1.165) is 16.7 Å². The Morgan fingerprint density at radius 2 is 1.48 bits per heavy atom. The summed E-state index contributed by atoms with van der Waals surface area (Å²) in [5.74, 6) is 2.81. The Morgan fingerprint density at radius 1 is 0.839 bits per heavy atom. The minimum Gasteiger partial charge on any atom is -0.493 e. The van der Waals surface area contributed by atoms with Gasteiger partial charge in [0.25, 0.3) is 0 Å². The van der Waals surface area contributed by atoms with Crippen molar-refractivity contribution in [3.63, 3.8) is 0 Å². The van der Waals surface area contributed by atoms with Gasteiger partial charge in [0.05, 0.1) is 48.4 Å². The molecule has 1 aliphatic rings. The molecule has 0 N–H and O–H groups in total. The fourth-order valence-electron chi connectivity index (χ4n) is 3.37. The van der Waals surface area contributed by atoms with E-state index in [1.807, 2.05) is 36.4 Å². The predicted octanol–water partition coefficient (Wildman–Crippen LogP) is 4.62. The van der Waals surface area contributed by atoms with Crippen LogP contribution in [-0.4, -0.2) is 42.2 Å². The molecule has 1 aliphatic heterocycles. The SMILES string of the molecule is C=C(c1cc(OC)c(OC)c(OC)c1)[C@@H]1C=CO[C@@H](c2ccc(OC)c(OC)c2)OC1. The molecule has 0 unspecified atom stereocenters. The van der Waals surface area contributed by atoms with Gasteiger partial charge in [-0.1, -0.05) is 6.58 Å². The molecule has 7 nitrogen and oxygen atoms in total. The molecule has 0 fully saturated rings. The van der Waals surface area contributed by atoms with Crippen molar-refractivity contribution in [2.45, 2.75) is 6.29 Å². The van der Waals surface area contributed by atoms with Crippen LogP contribution < -0.4 is 23.7 Å². The van der Waals surface area contributed by atoms with Crippen LogP contribution in [0.3, 0.4) is 0 Å². The van der Waals surface area contributed by atoms with E-state index in [1.54, 1.807) is 41.8 Å². The molecule has 3 rings (SSSR count). The third-order valence-corrected chi connectivity index (χ3v) is 5.10. The van der Waals surface area contributed by atoms with E-state index in [1.165, 1.54) is 0 Å². The molecule has 1 heterocycles. The van der Waals surface area contributed by atoms with E-state index in [4.69, 9.17) is 33.2 Å². The molecular weight excluding hydrogens is 400 g/mol. The molecule has 0 radical (unpaired) electrons. The van der Waals surface area contributed by atoms with Crippen molar-refractivity contribution in [3.8, 4) is 28.7 Å². The average molecular weight is 428 g/mol. The fourth-order valence-corrected chi connectivity index (χ4v) is 3.37. The lowest BCUT2D eigenvalue weighted by Gasteiger charge is -2.20. The number of hydrogen-bond donors (Lipinski definition) is 0. The van der Waals surface area contributed by atoms with Crippen LogP contribution >= 0.6 is 0 Å². The van der Waals surface area contributed by atoms with Gasteiger partial charge < -0.3 is 33.2 Å². The lowest BCUT2D eigenvalue weighted by Crippen LogP contribution is -2.11. The van der Waals surface area contributed by atoms with Gasteiger partial charge in [0.2, 0.25) is 12.0 Å². The molecule has 0 spiro atoms. The molecule has 0 bridgehead atoms. The van der Waals surface area contributed by atoms with Crippen molar-refractivity contribution < 1.29 is 33.2 Å². The molecule has 0 aromatic heterocycles. The first kappa shape index (κ1) is 22.4. The van der Waals surface area contributed by atoms with E-state index in [-0.39, 0.29) is 5.92 Å². The Labute approximate surface area is 182 Å². The van der Waals surface area contributed by atoms with Crippen LogP contribution in [0.5, 0.6) is 28.7 Å². The van der Waals surface area contributed by atoms with Crippen LogP contribution in [0.15, 0.2) is 49.2 Å². The smallest absolute Gasteiger partial charge is 0.225 e. The van der Waals surface area contributed by atoms with Gasteiger partial charge in [-0.05, 0) is 47.5 Å². The third kappa shape index (κ3) is 4.72. The summed E-state index contributed by atoms with van der Waals surface area (Å²) in [7, 11) is 7.93. The van der Waals surface area contributed by atoms with Gasteiger partial charge in [0.1, 0.15) is 0 Å². The normalized spacial score (nSPS) is 17.8. The number of ether oxygens (including phenoxy) is 7. The molecule has 0 amide bonds. The molecule has 7 heteroatoms. The first-order chi connectivity index (χ1) is 15.1. The van der Waals surface area contributed by atoms with E-state index >= 15 is 0 Å². The highest BCUT2D eigenvalue weighted by molar-refractivity contribution is 5.72. The third-order valence-electron chi connectivity index (χ3n) is 5.10. The molecule has 0 saturated heterocycles. The Kier molecular flexibility index (Phi) is 7.31. The minimum atomic E-state index is -0.575. The van der Waals surface area contributed by atoms with E-state index in [9.17, 15) is 0 Å². The Bertz CT molecular complexity index is 926. The zero-order chi connectivity index (χ0) is 22.4.